The molecule has 110 valence electrons. The van der Waals surface area contributed by atoms with Crippen molar-refractivity contribution in [2.45, 2.75) is 13.8 Å². The van der Waals surface area contributed by atoms with Crippen molar-refractivity contribution < 1.29 is 19.0 Å². The second kappa shape index (κ2) is 6.50. The molecule has 0 saturated carbocycles. The zero-order valence-corrected chi connectivity index (χ0v) is 12.0. The monoisotopic (exact) mass is 288 g/mol. The molecule has 0 radical (unpaired) electrons. The molecule has 21 heavy (non-hydrogen) atoms. The second-order valence-electron chi connectivity index (χ2n) is 4.81. The van der Waals surface area contributed by atoms with Gasteiger partial charge in [0.2, 0.25) is 0 Å². The van der Waals surface area contributed by atoms with Crippen molar-refractivity contribution >= 4 is 6.29 Å². The molecule has 0 saturated heterocycles. The van der Waals surface area contributed by atoms with E-state index in [1.165, 1.54) is 6.07 Å². The lowest BCUT2D eigenvalue weighted by Crippen LogP contribution is -2.04. The van der Waals surface area contributed by atoms with Crippen LogP contribution in [-0.4, -0.2) is 24.6 Å². The number of carbonyl (C=O) groups is 1. The Morgan fingerprint density at radius 2 is 2.00 bits per heavy atom. The molecule has 0 aromatic heterocycles. The van der Waals surface area contributed by atoms with Crippen LogP contribution >= 0.6 is 0 Å². The number of benzene rings is 2. The van der Waals surface area contributed by atoms with Crippen molar-refractivity contribution in [2.24, 2.45) is 0 Å². The number of rotatable bonds is 5. The minimum absolute atomic E-state index is 0.0510. The number of aliphatic hydroxyl groups is 1. The second-order valence-corrected chi connectivity index (χ2v) is 4.81. The Bertz CT molecular complexity index is 665. The Morgan fingerprint density at radius 3 is 2.67 bits per heavy atom. The van der Waals surface area contributed by atoms with E-state index in [-0.39, 0.29) is 19.0 Å². The van der Waals surface area contributed by atoms with Crippen molar-refractivity contribution in [3.63, 3.8) is 0 Å². The van der Waals surface area contributed by atoms with Crippen LogP contribution in [0.1, 0.15) is 21.5 Å². The molecule has 4 heteroatoms. The molecular formula is C17H17FO3. The van der Waals surface area contributed by atoms with E-state index in [9.17, 15) is 9.18 Å². The summed E-state index contributed by atoms with van der Waals surface area (Å²) >= 11 is 0. The number of carbonyl (C=O) groups excluding carboxylic acids is 1. The van der Waals surface area contributed by atoms with E-state index in [1.807, 2.05) is 19.9 Å². The minimum Gasteiger partial charge on any atom is -0.488 e. The molecule has 2 aromatic rings. The molecule has 0 aliphatic heterocycles. The van der Waals surface area contributed by atoms with E-state index < -0.39 is 5.82 Å². The number of aliphatic hydroxyl groups excluding tert-OH is 1. The van der Waals surface area contributed by atoms with E-state index >= 15 is 0 Å². The third-order valence-electron chi connectivity index (χ3n) is 3.42. The summed E-state index contributed by atoms with van der Waals surface area (Å²) in [6.45, 7) is 3.58. The third kappa shape index (κ3) is 3.11. The van der Waals surface area contributed by atoms with E-state index in [1.54, 1.807) is 18.2 Å². The lowest BCUT2D eigenvalue weighted by atomic mass is 9.94. The Morgan fingerprint density at radius 1 is 1.24 bits per heavy atom. The minimum atomic E-state index is -0.486. The van der Waals surface area contributed by atoms with Gasteiger partial charge < -0.3 is 9.84 Å². The van der Waals surface area contributed by atoms with Crippen molar-refractivity contribution in [3.8, 4) is 16.9 Å². The normalized spacial score (nSPS) is 10.5. The SMILES string of the molecule is Cc1cc(OCCO)c(F)cc1-c1cccc(C=O)c1C. The largest absolute Gasteiger partial charge is 0.488 e. The number of hydrogen-bond donors (Lipinski definition) is 1. The van der Waals surface area contributed by atoms with Crippen molar-refractivity contribution in [3.05, 3.63) is 52.8 Å². The zero-order valence-electron chi connectivity index (χ0n) is 12.0. The molecule has 1 N–H and O–H groups in total. The number of aldehydes is 1. The van der Waals surface area contributed by atoms with Crippen LogP contribution in [0.4, 0.5) is 4.39 Å². The predicted octanol–water partition coefficient (Wildman–Crippen LogP) is 3.29. The summed E-state index contributed by atoms with van der Waals surface area (Å²) in [5, 5.41) is 8.73. The van der Waals surface area contributed by atoms with Crippen molar-refractivity contribution in [1.82, 2.24) is 0 Å². The van der Waals surface area contributed by atoms with E-state index in [4.69, 9.17) is 9.84 Å². The van der Waals surface area contributed by atoms with Crippen LogP contribution < -0.4 is 4.74 Å². The highest BCUT2D eigenvalue weighted by Gasteiger charge is 2.13. The van der Waals surface area contributed by atoms with Crippen LogP contribution in [0.25, 0.3) is 11.1 Å². The van der Waals surface area contributed by atoms with Crippen molar-refractivity contribution in [2.75, 3.05) is 13.2 Å². The van der Waals surface area contributed by atoms with Gasteiger partial charge in [0, 0.05) is 5.56 Å². The maximum absolute atomic E-state index is 14.1. The van der Waals surface area contributed by atoms with Gasteiger partial charge in [0.05, 0.1) is 6.61 Å². The first-order chi connectivity index (χ1) is 10.1. The van der Waals surface area contributed by atoms with Gasteiger partial charge in [0.15, 0.2) is 11.6 Å². The van der Waals surface area contributed by atoms with Crippen LogP contribution in [0.2, 0.25) is 0 Å². The molecule has 0 spiro atoms. The van der Waals surface area contributed by atoms with E-state index in [2.05, 4.69) is 0 Å². The summed E-state index contributed by atoms with van der Waals surface area (Å²) < 4.78 is 19.2. The standard InChI is InChI=1S/C17H17FO3/c1-11-8-17(21-7-6-19)16(18)9-15(11)14-5-3-4-13(10-20)12(14)2/h3-5,8-10,19H,6-7H2,1-2H3. The molecular weight excluding hydrogens is 271 g/mol. The number of halogens is 1. The van der Waals surface area contributed by atoms with Gasteiger partial charge >= 0.3 is 0 Å². The molecule has 0 aliphatic carbocycles. The predicted molar refractivity (Wildman–Crippen MR) is 79.3 cm³/mol. The van der Waals surface area contributed by atoms with E-state index in [0.717, 1.165) is 28.5 Å². The molecule has 0 atom stereocenters. The molecule has 2 rings (SSSR count). The van der Waals surface area contributed by atoms with Crippen LogP contribution in [0.15, 0.2) is 30.3 Å². The summed E-state index contributed by atoms with van der Waals surface area (Å²) in [5.74, 6) is -0.366. The molecule has 0 heterocycles. The number of aryl methyl sites for hydroxylation is 1. The quantitative estimate of drug-likeness (QED) is 0.859. The maximum atomic E-state index is 14.1. The summed E-state index contributed by atoms with van der Waals surface area (Å²) in [4.78, 5) is 11.0. The van der Waals surface area contributed by atoms with E-state index in [0.29, 0.717) is 5.56 Å². The topological polar surface area (TPSA) is 46.5 Å². The molecule has 0 bridgehead atoms. The lowest BCUT2D eigenvalue weighted by molar-refractivity contribution is 0.112. The zero-order chi connectivity index (χ0) is 15.4. The highest BCUT2D eigenvalue weighted by atomic mass is 19.1. The maximum Gasteiger partial charge on any atom is 0.165 e. The van der Waals surface area contributed by atoms with Crippen LogP contribution in [0.3, 0.4) is 0 Å². The molecule has 0 fully saturated rings. The summed E-state index contributed by atoms with van der Waals surface area (Å²) in [6, 6.07) is 8.38. The van der Waals surface area contributed by atoms with Gasteiger partial charge in [0.25, 0.3) is 0 Å². The first-order valence-corrected chi connectivity index (χ1v) is 6.67. The Kier molecular flexibility index (Phi) is 4.70. The third-order valence-corrected chi connectivity index (χ3v) is 3.42. The van der Waals surface area contributed by atoms with Crippen LogP contribution in [0.5, 0.6) is 5.75 Å². The van der Waals surface area contributed by atoms with Gasteiger partial charge in [-0.2, -0.15) is 0 Å². The average molecular weight is 288 g/mol. The Balaban J connectivity index is 2.50. The molecule has 0 aliphatic rings. The number of ether oxygens (including phenoxy) is 1. The van der Waals surface area contributed by atoms with Crippen LogP contribution in [0, 0.1) is 19.7 Å². The van der Waals surface area contributed by atoms with Gasteiger partial charge in [-0.1, -0.05) is 18.2 Å². The van der Waals surface area contributed by atoms with Gasteiger partial charge in [-0.3, -0.25) is 4.79 Å². The first-order valence-electron chi connectivity index (χ1n) is 6.67. The Hall–Kier alpha value is -2.20. The fourth-order valence-electron chi connectivity index (χ4n) is 2.28. The smallest absolute Gasteiger partial charge is 0.165 e. The molecule has 0 unspecified atom stereocenters. The summed E-state index contributed by atoms with van der Waals surface area (Å²) in [7, 11) is 0. The molecule has 2 aromatic carbocycles. The number of hydrogen-bond acceptors (Lipinski definition) is 3. The Labute approximate surface area is 123 Å². The molecule has 0 amide bonds. The summed E-state index contributed by atoms with van der Waals surface area (Å²) in [5.41, 5.74) is 3.80. The van der Waals surface area contributed by atoms with Gasteiger partial charge in [-0.15, -0.1) is 0 Å². The van der Waals surface area contributed by atoms with Gasteiger partial charge in [-0.05, 0) is 48.2 Å². The fraction of sp³-hybridized carbons (Fsp3) is 0.235. The van der Waals surface area contributed by atoms with Crippen molar-refractivity contribution in [1.29, 1.82) is 0 Å². The highest BCUT2D eigenvalue weighted by Crippen LogP contribution is 2.32. The molecule has 3 nitrogen and oxygen atoms in total. The average Bonchev–Trinajstić information content (AvgIpc) is 2.48. The van der Waals surface area contributed by atoms with Gasteiger partial charge in [0.1, 0.15) is 12.9 Å². The lowest BCUT2D eigenvalue weighted by Gasteiger charge is -2.14. The fourth-order valence-corrected chi connectivity index (χ4v) is 2.28. The van der Waals surface area contributed by atoms with Gasteiger partial charge in [-0.25, -0.2) is 4.39 Å². The first kappa shape index (κ1) is 15.2. The van der Waals surface area contributed by atoms with Crippen LogP contribution in [-0.2, 0) is 0 Å². The highest BCUT2D eigenvalue weighted by molar-refractivity contribution is 5.83. The summed E-state index contributed by atoms with van der Waals surface area (Å²) in [6.07, 6.45) is 0.795.